The van der Waals surface area contributed by atoms with Gasteiger partial charge in [0.05, 0.1) is 10.6 Å². The van der Waals surface area contributed by atoms with Crippen molar-refractivity contribution in [3.8, 4) is 0 Å². The summed E-state index contributed by atoms with van der Waals surface area (Å²) in [6.45, 7) is 1.72. The monoisotopic (exact) mass is 436 g/mol. The fourth-order valence-corrected chi connectivity index (χ4v) is 2.72. The molecule has 156 valence electrons. The zero-order valence-electron chi connectivity index (χ0n) is 16.3. The number of rotatable bonds is 6. The SMILES string of the molecule is CC(=NNC(=O)c1ccc([N+](=O)[O-])cc1)c1ccc(NC(=O)c2ccc(Cl)cc2)cc1. The van der Waals surface area contributed by atoms with Gasteiger partial charge in [-0.1, -0.05) is 23.7 Å². The number of halogens is 1. The first-order valence-corrected chi connectivity index (χ1v) is 9.48. The fourth-order valence-electron chi connectivity index (χ4n) is 2.60. The van der Waals surface area contributed by atoms with Crippen LogP contribution in [-0.4, -0.2) is 22.4 Å². The van der Waals surface area contributed by atoms with Crippen LogP contribution >= 0.6 is 11.6 Å². The van der Waals surface area contributed by atoms with E-state index in [1.807, 2.05) is 0 Å². The summed E-state index contributed by atoms with van der Waals surface area (Å²) in [5.74, 6) is -0.744. The van der Waals surface area contributed by atoms with Crippen molar-refractivity contribution in [2.24, 2.45) is 5.10 Å². The number of nitro groups is 1. The number of benzene rings is 3. The third-order valence-corrected chi connectivity index (χ3v) is 4.58. The number of hydrazone groups is 1. The van der Waals surface area contributed by atoms with Crippen LogP contribution in [0.1, 0.15) is 33.2 Å². The molecule has 8 nitrogen and oxygen atoms in total. The summed E-state index contributed by atoms with van der Waals surface area (Å²) in [6, 6.07) is 18.7. The van der Waals surface area contributed by atoms with Gasteiger partial charge in [0.15, 0.2) is 0 Å². The molecule has 0 unspecified atom stereocenters. The standard InChI is InChI=1S/C22H17ClN4O4/c1-14(25-26-22(29)17-6-12-20(13-7-17)27(30)31)15-4-10-19(11-5-15)24-21(28)16-2-8-18(23)9-3-16/h2-13H,1H3,(H,24,28)(H,26,29). The normalized spacial score (nSPS) is 11.0. The van der Waals surface area contributed by atoms with Gasteiger partial charge in [0.1, 0.15) is 0 Å². The first kappa shape index (κ1) is 21.7. The van der Waals surface area contributed by atoms with Crippen molar-refractivity contribution in [1.29, 1.82) is 0 Å². The first-order valence-electron chi connectivity index (χ1n) is 9.10. The molecule has 0 aromatic heterocycles. The average Bonchev–Trinajstić information content (AvgIpc) is 2.78. The fraction of sp³-hybridized carbons (Fsp3) is 0.0455. The van der Waals surface area contributed by atoms with Gasteiger partial charge in [-0.2, -0.15) is 5.10 Å². The van der Waals surface area contributed by atoms with Crippen LogP contribution < -0.4 is 10.7 Å². The lowest BCUT2D eigenvalue weighted by atomic mass is 10.1. The van der Waals surface area contributed by atoms with Crippen molar-refractivity contribution < 1.29 is 14.5 Å². The molecule has 0 saturated heterocycles. The lowest BCUT2D eigenvalue weighted by molar-refractivity contribution is -0.384. The average molecular weight is 437 g/mol. The van der Waals surface area contributed by atoms with E-state index >= 15 is 0 Å². The highest BCUT2D eigenvalue weighted by Gasteiger charge is 2.10. The molecular weight excluding hydrogens is 420 g/mol. The Labute approximate surface area is 182 Å². The van der Waals surface area contributed by atoms with Crippen molar-refractivity contribution in [3.05, 3.63) is 105 Å². The largest absolute Gasteiger partial charge is 0.322 e. The smallest absolute Gasteiger partial charge is 0.271 e. The maximum Gasteiger partial charge on any atom is 0.271 e. The number of non-ortho nitro benzene ring substituents is 1. The highest BCUT2D eigenvalue weighted by molar-refractivity contribution is 6.30. The number of carbonyl (C=O) groups excluding carboxylic acids is 2. The molecule has 0 aliphatic rings. The predicted octanol–water partition coefficient (Wildman–Crippen LogP) is 4.65. The summed E-state index contributed by atoms with van der Waals surface area (Å²) >= 11 is 5.83. The van der Waals surface area contributed by atoms with E-state index in [0.29, 0.717) is 22.0 Å². The summed E-state index contributed by atoms with van der Waals surface area (Å²) in [4.78, 5) is 34.5. The quantitative estimate of drug-likeness (QED) is 0.332. The number of carbonyl (C=O) groups is 2. The highest BCUT2D eigenvalue weighted by Crippen LogP contribution is 2.15. The molecule has 2 N–H and O–H groups in total. The molecule has 0 aliphatic heterocycles. The maximum absolute atomic E-state index is 12.3. The van der Waals surface area contributed by atoms with Gasteiger partial charge in [-0.3, -0.25) is 19.7 Å². The zero-order chi connectivity index (χ0) is 22.4. The summed E-state index contributed by atoms with van der Waals surface area (Å²) in [5, 5.41) is 18.1. The van der Waals surface area contributed by atoms with Gasteiger partial charge in [-0.15, -0.1) is 0 Å². The molecule has 3 rings (SSSR count). The molecule has 0 spiro atoms. The van der Waals surface area contributed by atoms with Crippen molar-refractivity contribution in [2.45, 2.75) is 6.92 Å². The Kier molecular flexibility index (Phi) is 6.74. The zero-order valence-corrected chi connectivity index (χ0v) is 17.1. The molecule has 3 aromatic carbocycles. The highest BCUT2D eigenvalue weighted by atomic mass is 35.5. The lowest BCUT2D eigenvalue weighted by Crippen LogP contribution is -2.19. The number of nitrogens with zero attached hydrogens (tertiary/aromatic N) is 2. The van der Waals surface area contributed by atoms with E-state index in [-0.39, 0.29) is 17.2 Å². The van der Waals surface area contributed by atoms with Crippen LogP contribution in [0.15, 0.2) is 77.9 Å². The number of nitro benzene ring substituents is 1. The van der Waals surface area contributed by atoms with Gasteiger partial charge in [-0.05, 0) is 61.0 Å². The molecule has 31 heavy (non-hydrogen) atoms. The Hall–Kier alpha value is -4.04. The Bertz CT molecular complexity index is 1140. The van der Waals surface area contributed by atoms with E-state index in [1.54, 1.807) is 55.5 Å². The minimum atomic E-state index is -0.536. The second kappa shape index (κ2) is 9.64. The topological polar surface area (TPSA) is 114 Å². The van der Waals surface area contributed by atoms with E-state index in [2.05, 4.69) is 15.8 Å². The molecule has 0 heterocycles. The number of anilines is 1. The molecule has 0 fully saturated rings. The molecule has 2 amide bonds. The number of hydrogen-bond donors (Lipinski definition) is 2. The van der Waals surface area contributed by atoms with Crippen molar-refractivity contribution >= 4 is 40.5 Å². The van der Waals surface area contributed by atoms with Gasteiger partial charge in [0.25, 0.3) is 17.5 Å². The summed E-state index contributed by atoms with van der Waals surface area (Å²) in [5.41, 5.74) is 4.95. The van der Waals surface area contributed by atoms with Crippen LogP contribution in [-0.2, 0) is 0 Å². The predicted molar refractivity (Wildman–Crippen MR) is 119 cm³/mol. The van der Waals surface area contributed by atoms with Gasteiger partial charge in [-0.25, -0.2) is 5.43 Å². The van der Waals surface area contributed by atoms with E-state index in [1.165, 1.54) is 24.3 Å². The molecule has 0 bridgehead atoms. The summed E-state index contributed by atoms with van der Waals surface area (Å²) in [6.07, 6.45) is 0. The number of amides is 2. The van der Waals surface area contributed by atoms with Crippen LogP contribution in [0, 0.1) is 10.1 Å². The minimum Gasteiger partial charge on any atom is -0.322 e. The summed E-state index contributed by atoms with van der Waals surface area (Å²) in [7, 11) is 0. The van der Waals surface area contributed by atoms with E-state index in [9.17, 15) is 19.7 Å². The van der Waals surface area contributed by atoms with Crippen molar-refractivity contribution in [3.63, 3.8) is 0 Å². The first-order chi connectivity index (χ1) is 14.8. The number of nitrogens with one attached hydrogen (secondary N) is 2. The second-order valence-corrected chi connectivity index (χ2v) is 6.92. The third kappa shape index (κ3) is 5.74. The van der Waals surface area contributed by atoms with E-state index in [0.717, 1.165) is 5.56 Å². The van der Waals surface area contributed by atoms with Gasteiger partial charge >= 0.3 is 0 Å². The Morgan fingerprint density at radius 2 is 1.35 bits per heavy atom. The van der Waals surface area contributed by atoms with Gasteiger partial charge in [0.2, 0.25) is 0 Å². The molecule has 3 aromatic rings. The Balaban J connectivity index is 1.61. The number of hydrogen-bond acceptors (Lipinski definition) is 5. The molecule has 0 aliphatic carbocycles. The molecule has 9 heteroatoms. The lowest BCUT2D eigenvalue weighted by Gasteiger charge is -2.07. The van der Waals surface area contributed by atoms with Crippen LogP contribution in [0.4, 0.5) is 11.4 Å². The van der Waals surface area contributed by atoms with Gasteiger partial charge in [0, 0.05) is 34.0 Å². The molecule has 0 atom stereocenters. The van der Waals surface area contributed by atoms with E-state index in [4.69, 9.17) is 11.6 Å². The molecule has 0 saturated carbocycles. The maximum atomic E-state index is 12.3. The van der Waals surface area contributed by atoms with Crippen LogP contribution in [0.5, 0.6) is 0 Å². The van der Waals surface area contributed by atoms with E-state index < -0.39 is 10.8 Å². The van der Waals surface area contributed by atoms with Crippen molar-refractivity contribution in [2.75, 3.05) is 5.32 Å². The Morgan fingerprint density at radius 1 is 0.839 bits per heavy atom. The van der Waals surface area contributed by atoms with Crippen LogP contribution in [0.3, 0.4) is 0 Å². The summed E-state index contributed by atoms with van der Waals surface area (Å²) < 4.78 is 0. The van der Waals surface area contributed by atoms with Crippen LogP contribution in [0.25, 0.3) is 0 Å². The molecular formula is C22H17ClN4O4. The third-order valence-electron chi connectivity index (χ3n) is 4.33. The molecule has 0 radical (unpaired) electrons. The van der Waals surface area contributed by atoms with Gasteiger partial charge < -0.3 is 5.32 Å². The minimum absolute atomic E-state index is 0.0977. The Morgan fingerprint density at radius 3 is 1.94 bits per heavy atom. The van der Waals surface area contributed by atoms with Crippen LogP contribution in [0.2, 0.25) is 5.02 Å². The van der Waals surface area contributed by atoms with Crippen molar-refractivity contribution in [1.82, 2.24) is 5.43 Å². The second-order valence-electron chi connectivity index (χ2n) is 6.48.